The minimum absolute atomic E-state index is 0.0365. The smallest absolute Gasteiger partial charge is 0.231 e. The molecule has 0 aliphatic carbocycles. The molecule has 0 aromatic heterocycles. The SMILES string of the molecule is COc1cc2c(c(C(C)CCN)c1F)OCO2. The first-order valence-electron chi connectivity index (χ1n) is 5.55. The lowest BCUT2D eigenvalue weighted by Gasteiger charge is -2.16. The number of nitrogens with two attached hydrogens (primary N) is 1. The molecule has 1 heterocycles. The van der Waals surface area contributed by atoms with Gasteiger partial charge in [0.05, 0.1) is 7.11 Å². The number of hydrogen-bond acceptors (Lipinski definition) is 4. The van der Waals surface area contributed by atoms with Crippen LogP contribution >= 0.6 is 0 Å². The quantitative estimate of drug-likeness (QED) is 0.876. The maximum atomic E-state index is 14.2. The van der Waals surface area contributed by atoms with Gasteiger partial charge in [0, 0.05) is 11.6 Å². The molecule has 0 saturated heterocycles. The van der Waals surface area contributed by atoms with Crippen molar-refractivity contribution in [2.75, 3.05) is 20.4 Å². The second-order valence-corrected chi connectivity index (χ2v) is 4.02. The van der Waals surface area contributed by atoms with Crippen LogP contribution < -0.4 is 19.9 Å². The predicted octanol–water partition coefficient (Wildman–Crippen LogP) is 2.02. The van der Waals surface area contributed by atoms with Gasteiger partial charge >= 0.3 is 0 Å². The van der Waals surface area contributed by atoms with Crippen molar-refractivity contribution in [3.63, 3.8) is 0 Å². The molecule has 0 radical (unpaired) electrons. The highest BCUT2D eigenvalue weighted by atomic mass is 19.1. The molecule has 1 aromatic carbocycles. The Labute approximate surface area is 99.5 Å². The lowest BCUT2D eigenvalue weighted by molar-refractivity contribution is 0.172. The van der Waals surface area contributed by atoms with Crippen molar-refractivity contribution in [3.8, 4) is 17.2 Å². The third-order valence-electron chi connectivity index (χ3n) is 2.91. The molecule has 0 spiro atoms. The molecule has 0 amide bonds. The number of hydrogen-bond donors (Lipinski definition) is 1. The van der Waals surface area contributed by atoms with E-state index in [0.29, 0.717) is 30.0 Å². The van der Waals surface area contributed by atoms with Crippen LogP contribution in [0.15, 0.2) is 6.07 Å². The fraction of sp³-hybridized carbons (Fsp3) is 0.500. The second-order valence-electron chi connectivity index (χ2n) is 4.02. The average Bonchev–Trinajstić information content (AvgIpc) is 2.75. The maximum Gasteiger partial charge on any atom is 0.231 e. The molecule has 1 atom stereocenters. The average molecular weight is 241 g/mol. The summed E-state index contributed by atoms with van der Waals surface area (Å²) in [5.41, 5.74) is 6.00. The van der Waals surface area contributed by atoms with E-state index >= 15 is 0 Å². The van der Waals surface area contributed by atoms with Crippen LogP contribution in [0.25, 0.3) is 0 Å². The number of fused-ring (bicyclic) bond motifs is 1. The zero-order chi connectivity index (χ0) is 12.4. The molecule has 94 valence electrons. The summed E-state index contributed by atoms with van der Waals surface area (Å²) in [6.45, 7) is 2.52. The second kappa shape index (κ2) is 4.79. The largest absolute Gasteiger partial charge is 0.494 e. The van der Waals surface area contributed by atoms with E-state index in [1.165, 1.54) is 13.2 Å². The molecule has 0 bridgehead atoms. The minimum atomic E-state index is -0.391. The molecule has 1 aliphatic heterocycles. The van der Waals surface area contributed by atoms with Crippen molar-refractivity contribution in [1.29, 1.82) is 0 Å². The van der Waals surface area contributed by atoms with E-state index in [-0.39, 0.29) is 18.5 Å². The van der Waals surface area contributed by atoms with E-state index in [1.54, 1.807) is 0 Å². The van der Waals surface area contributed by atoms with Crippen molar-refractivity contribution in [2.24, 2.45) is 5.73 Å². The predicted molar refractivity (Wildman–Crippen MR) is 61.2 cm³/mol. The molecule has 17 heavy (non-hydrogen) atoms. The Morgan fingerprint density at radius 2 is 2.29 bits per heavy atom. The molecule has 0 saturated carbocycles. The number of halogens is 1. The van der Waals surface area contributed by atoms with E-state index in [9.17, 15) is 4.39 Å². The molecule has 1 aromatic rings. The van der Waals surface area contributed by atoms with Gasteiger partial charge in [0.2, 0.25) is 6.79 Å². The van der Waals surface area contributed by atoms with Gasteiger partial charge in [0.15, 0.2) is 23.1 Å². The van der Waals surface area contributed by atoms with Crippen molar-refractivity contribution in [3.05, 3.63) is 17.4 Å². The van der Waals surface area contributed by atoms with Gasteiger partial charge in [-0.1, -0.05) is 6.92 Å². The molecule has 5 heteroatoms. The van der Waals surface area contributed by atoms with Gasteiger partial charge < -0.3 is 19.9 Å². The summed E-state index contributed by atoms with van der Waals surface area (Å²) in [5.74, 6) is 0.753. The van der Waals surface area contributed by atoms with Crippen molar-refractivity contribution in [1.82, 2.24) is 0 Å². The molecule has 4 nitrogen and oxygen atoms in total. The number of methoxy groups -OCH3 is 1. The normalized spacial score (nSPS) is 14.8. The van der Waals surface area contributed by atoms with E-state index < -0.39 is 5.82 Å². The van der Waals surface area contributed by atoms with Crippen LogP contribution in [0.3, 0.4) is 0 Å². The first-order chi connectivity index (χ1) is 8.19. The first-order valence-corrected chi connectivity index (χ1v) is 5.55. The summed E-state index contributed by atoms with van der Waals surface area (Å²) in [4.78, 5) is 0. The number of rotatable bonds is 4. The topological polar surface area (TPSA) is 53.7 Å². The summed E-state index contributed by atoms with van der Waals surface area (Å²) in [7, 11) is 1.43. The molecule has 2 rings (SSSR count). The Balaban J connectivity index is 2.51. The van der Waals surface area contributed by atoms with Crippen LogP contribution in [0.1, 0.15) is 24.8 Å². The Morgan fingerprint density at radius 3 is 2.94 bits per heavy atom. The van der Waals surface area contributed by atoms with Crippen molar-refractivity contribution < 1.29 is 18.6 Å². The molecular weight excluding hydrogens is 225 g/mol. The zero-order valence-electron chi connectivity index (χ0n) is 9.96. The Hall–Kier alpha value is -1.49. The lowest BCUT2D eigenvalue weighted by Crippen LogP contribution is -2.08. The summed E-state index contributed by atoms with van der Waals surface area (Å²) < 4.78 is 29.8. The Morgan fingerprint density at radius 1 is 1.53 bits per heavy atom. The van der Waals surface area contributed by atoms with Crippen LogP contribution in [-0.2, 0) is 0 Å². The van der Waals surface area contributed by atoms with Gasteiger partial charge in [-0.15, -0.1) is 0 Å². The summed E-state index contributed by atoms with van der Waals surface area (Å²) in [5, 5.41) is 0. The van der Waals surface area contributed by atoms with E-state index in [4.69, 9.17) is 19.9 Å². The van der Waals surface area contributed by atoms with Gasteiger partial charge in [-0.05, 0) is 18.9 Å². The summed E-state index contributed by atoms with van der Waals surface area (Å²) in [6.07, 6.45) is 0.680. The zero-order valence-corrected chi connectivity index (χ0v) is 9.96. The van der Waals surface area contributed by atoms with Crippen molar-refractivity contribution >= 4 is 0 Å². The molecule has 0 fully saturated rings. The van der Waals surface area contributed by atoms with Crippen LogP contribution in [0.5, 0.6) is 17.2 Å². The summed E-state index contributed by atoms with van der Waals surface area (Å²) in [6, 6.07) is 1.51. The Kier molecular flexibility index (Phi) is 3.38. The highest BCUT2D eigenvalue weighted by Gasteiger charge is 2.28. The lowest BCUT2D eigenvalue weighted by atomic mass is 9.95. The monoisotopic (exact) mass is 241 g/mol. The standard InChI is InChI=1S/C12H16FNO3/c1-7(3-4-14)10-11(13)8(15-2)5-9-12(10)17-6-16-9/h5,7H,3-4,6,14H2,1-2H3. The van der Waals surface area contributed by atoms with Gasteiger partial charge in [-0.25, -0.2) is 4.39 Å². The molecular formula is C12H16FNO3. The minimum Gasteiger partial charge on any atom is -0.494 e. The van der Waals surface area contributed by atoms with E-state index in [2.05, 4.69) is 0 Å². The number of benzene rings is 1. The molecule has 2 N–H and O–H groups in total. The third-order valence-corrected chi connectivity index (χ3v) is 2.91. The highest BCUT2D eigenvalue weighted by Crippen LogP contribution is 2.45. The van der Waals surface area contributed by atoms with Crippen LogP contribution in [0.4, 0.5) is 4.39 Å². The molecule has 1 unspecified atom stereocenters. The van der Waals surface area contributed by atoms with Gasteiger partial charge in [0.1, 0.15) is 0 Å². The van der Waals surface area contributed by atoms with Gasteiger partial charge in [-0.3, -0.25) is 0 Å². The van der Waals surface area contributed by atoms with Crippen LogP contribution in [-0.4, -0.2) is 20.4 Å². The molecule has 1 aliphatic rings. The first kappa shape index (κ1) is 12.0. The third kappa shape index (κ3) is 2.02. The number of ether oxygens (including phenoxy) is 3. The van der Waals surface area contributed by atoms with E-state index in [0.717, 1.165) is 0 Å². The van der Waals surface area contributed by atoms with Gasteiger partial charge in [-0.2, -0.15) is 0 Å². The van der Waals surface area contributed by atoms with Gasteiger partial charge in [0.25, 0.3) is 0 Å². The van der Waals surface area contributed by atoms with E-state index in [1.807, 2.05) is 6.92 Å². The Bertz CT molecular complexity index is 422. The van der Waals surface area contributed by atoms with Crippen LogP contribution in [0, 0.1) is 5.82 Å². The highest BCUT2D eigenvalue weighted by molar-refractivity contribution is 5.55. The maximum absolute atomic E-state index is 14.2. The fourth-order valence-electron chi connectivity index (χ4n) is 2.00. The van der Waals surface area contributed by atoms with Crippen LogP contribution in [0.2, 0.25) is 0 Å². The summed E-state index contributed by atoms with van der Waals surface area (Å²) >= 11 is 0. The fourth-order valence-corrected chi connectivity index (χ4v) is 2.00. The van der Waals surface area contributed by atoms with Crippen molar-refractivity contribution in [2.45, 2.75) is 19.3 Å².